The van der Waals surface area contributed by atoms with E-state index in [-0.39, 0.29) is 29.1 Å². The SMILES string of the molecule is CC(C)CCCC(C)C1CCC2C3CC=C4CC(OC(=O)c5ccc(NC(=O)CS)cc5)CCC4(C)C3CCC12C. The number of hydrogen-bond acceptors (Lipinski definition) is 4. The van der Waals surface area contributed by atoms with E-state index in [1.54, 1.807) is 29.8 Å². The number of amides is 1. The second-order valence-electron chi connectivity index (χ2n) is 14.8. The Labute approximate surface area is 254 Å². The molecule has 4 nitrogen and oxygen atoms in total. The number of allylic oxidation sites excluding steroid dienone is 1. The number of hydrogen-bond donors (Lipinski definition) is 2. The molecule has 0 aliphatic heterocycles. The molecule has 0 saturated heterocycles. The fourth-order valence-electron chi connectivity index (χ4n) is 9.86. The number of ether oxygens (including phenoxy) is 1. The molecule has 41 heavy (non-hydrogen) atoms. The molecule has 3 fully saturated rings. The molecule has 0 heterocycles. The van der Waals surface area contributed by atoms with Crippen molar-refractivity contribution in [2.45, 2.75) is 111 Å². The van der Waals surface area contributed by atoms with E-state index >= 15 is 0 Å². The van der Waals surface area contributed by atoms with Crippen molar-refractivity contribution in [3.05, 3.63) is 41.5 Å². The Morgan fingerprint density at radius 3 is 2.46 bits per heavy atom. The lowest BCUT2D eigenvalue weighted by molar-refractivity contribution is -0.113. The predicted octanol–water partition coefficient (Wildman–Crippen LogP) is 9.12. The summed E-state index contributed by atoms with van der Waals surface area (Å²) in [5, 5.41) is 2.76. The zero-order valence-corrected chi connectivity index (χ0v) is 27.0. The van der Waals surface area contributed by atoms with Gasteiger partial charge in [0.2, 0.25) is 5.91 Å². The van der Waals surface area contributed by atoms with Crippen LogP contribution in [-0.2, 0) is 9.53 Å². The van der Waals surface area contributed by atoms with Crippen LogP contribution in [0.4, 0.5) is 5.69 Å². The molecule has 0 bridgehead atoms. The number of benzene rings is 1. The molecule has 1 amide bonds. The van der Waals surface area contributed by atoms with Gasteiger partial charge in [-0.25, -0.2) is 4.79 Å². The highest BCUT2D eigenvalue weighted by atomic mass is 32.1. The van der Waals surface area contributed by atoms with E-state index in [0.29, 0.717) is 16.7 Å². The Morgan fingerprint density at radius 1 is 1.00 bits per heavy atom. The first-order chi connectivity index (χ1) is 19.5. The molecule has 4 aliphatic carbocycles. The lowest BCUT2D eigenvalue weighted by Crippen LogP contribution is -2.51. The van der Waals surface area contributed by atoms with Crippen molar-refractivity contribution >= 4 is 30.2 Å². The zero-order chi connectivity index (χ0) is 29.4. The van der Waals surface area contributed by atoms with Crippen LogP contribution in [0.5, 0.6) is 0 Å². The summed E-state index contributed by atoms with van der Waals surface area (Å²) in [7, 11) is 0. The molecule has 1 N–H and O–H groups in total. The first-order valence-electron chi connectivity index (χ1n) is 16.5. The van der Waals surface area contributed by atoms with E-state index in [1.165, 1.54) is 51.4 Å². The molecule has 0 aromatic heterocycles. The van der Waals surface area contributed by atoms with Gasteiger partial charge in [-0.15, -0.1) is 0 Å². The maximum atomic E-state index is 13.0. The summed E-state index contributed by atoms with van der Waals surface area (Å²) in [6.45, 7) is 12.5. The third kappa shape index (κ3) is 6.17. The summed E-state index contributed by atoms with van der Waals surface area (Å²) in [6.07, 6.45) is 16.4. The lowest BCUT2D eigenvalue weighted by Gasteiger charge is -2.58. The zero-order valence-electron chi connectivity index (χ0n) is 26.1. The highest BCUT2D eigenvalue weighted by molar-refractivity contribution is 7.81. The summed E-state index contributed by atoms with van der Waals surface area (Å²) < 4.78 is 6.04. The largest absolute Gasteiger partial charge is 0.458 e. The van der Waals surface area contributed by atoms with Gasteiger partial charge in [0.15, 0.2) is 0 Å². The lowest BCUT2D eigenvalue weighted by atomic mass is 9.47. The number of thiol groups is 1. The predicted molar refractivity (Wildman–Crippen MR) is 171 cm³/mol. The van der Waals surface area contributed by atoms with Crippen LogP contribution in [0, 0.1) is 46.3 Å². The van der Waals surface area contributed by atoms with Crippen molar-refractivity contribution in [3.63, 3.8) is 0 Å². The van der Waals surface area contributed by atoms with Crippen molar-refractivity contribution in [3.8, 4) is 0 Å². The molecule has 8 atom stereocenters. The maximum absolute atomic E-state index is 13.0. The second-order valence-corrected chi connectivity index (χ2v) is 15.2. The van der Waals surface area contributed by atoms with Gasteiger partial charge in [-0.1, -0.05) is 65.5 Å². The Bertz CT molecular complexity index is 1130. The average Bonchev–Trinajstić information content (AvgIpc) is 3.30. The Hall–Kier alpha value is -1.75. The topological polar surface area (TPSA) is 55.4 Å². The van der Waals surface area contributed by atoms with Gasteiger partial charge in [0.05, 0.1) is 11.3 Å². The molecular formula is C36H53NO3S. The molecule has 1 aromatic rings. The fraction of sp³-hybridized carbons (Fsp3) is 0.722. The summed E-state index contributed by atoms with van der Waals surface area (Å²) in [5.41, 5.74) is 3.50. The molecule has 5 heteroatoms. The van der Waals surface area contributed by atoms with Gasteiger partial charge in [-0.2, -0.15) is 12.6 Å². The third-order valence-electron chi connectivity index (χ3n) is 12.1. The van der Waals surface area contributed by atoms with E-state index in [1.807, 2.05) is 0 Å². The van der Waals surface area contributed by atoms with E-state index < -0.39 is 0 Å². The molecule has 0 spiro atoms. The van der Waals surface area contributed by atoms with Crippen LogP contribution in [0.25, 0.3) is 0 Å². The van der Waals surface area contributed by atoms with Crippen molar-refractivity contribution < 1.29 is 14.3 Å². The van der Waals surface area contributed by atoms with E-state index in [9.17, 15) is 9.59 Å². The van der Waals surface area contributed by atoms with Crippen molar-refractivity contribution in [2.24, 2.45) is 46.3 Å². The van der Waals surface area contributed by atoms with Crippen LogP contribution in [-0.4, -0.2) is 23.7 Å². The minimum absolute atomic E-state index is 0.0571. The Kier molecular flexibility index (Phi) is 9.33. The fourth-order valence-corrected chi connectivity index (χ4v) is 9.94. The number of rotatable bonds is 9. The summed E-state index contributed by atoms with van der Waals surface area (Å²) >= 11 is 3.99. The minimum Gasteiger partial charge on any atom is -0.458 e. The number of anilines is 1. The van der Waals surface area contributed by atoms with Gasteiger partial charge >= 0.3 is 5.97 Å². The standard InChI is InChI=1S/C36H53NO3S/c1-23(2)7-6-8-24(3)30-15-16-31-29-14-11-26-21-28(17-19-35(26,4)32(29)18-20-36(30,31)5)40-34(39)25-9-12-27(13-10-25)37-33(38)22-41/h9-13,23-24,28-32,41H,6-8,14-22H2,1-5H3,(H,37,38). The van der Waals surface area contributed by atoms with Crippen LogP contribution in [0.2, 0.25) is 0 Å². The summed E-state index contributed by atoms with van der Waals surface area (Å²) in [4.78, 5) is 24.5. The summed E-state index contributed by atoms with van der Waals surface area (Å²) in [5.74, 6) is 4.69. The minimum atomic E-state index is -0.270. The molecule has 5 rings (SSSR count). The number of fused-ring (bicyclic) bond motifs is 5. The molecule has 1 aromatic carbocycles. The molecular weight excluding hydrogens is 526 g/mol. The van der Waals surface area contributed by atoms with Crippen molar-refractivity contribution in [1.82, 2.24) is 0 Å². The van der Waals surface area contributed by atoms with Crippen LogP contribution in [0.15, 0.2) is 35.9 Å². The van der Waals surface area contributed by atoms with Crippen LogP contribution in [0.3, 0.4) is 0 Å². The molecule has 0 radical (unpaired) electrons. The van der Waals surface area contributed by atoms with Crippen LogP contribution in [0.1, 0.15) is 116 Å². The first kappa shape index (κ1) is 30.7. The van der Waals surface area contributed by atoms with E-state index in [2.05, 4.69) is 58.6 Å². The molecule has 226 valence electrons. The van der Waals surface area contributed by atoms with E-state index in [0.717, 1.165) is 54.8 Å². The summed E-state index contributed by atoms with van der Waals surface area (Å²) in [6, 6.07) is 6.95. The second kappa shape index (κ2) is 12.5. The number of esters is 1. The van der Waals surface area contributed by atoms with Gasteiger partial charge in [-0.05, 0) is 116 Å². The molecule has 8 unspecified atom stereocenters. The molecule has 4 aliphatic rings. The van der Waals surface area contributed by atoms with Crippen molar-refractivity contribution in [2.75, 3.05) is 11.1 Å². The normalized spacial score (nSPS) is 35.1. The highest BCUT2D eigenvalue weighted by Crippen LogP contribution is 2.67. The average molecular weight is 580 g/mol. The van der Waals surface area contributed by atoms with Crippen LogP contribution >= 0.6 is 12.6 Å². The van der Waals surface area contributed by atoms with E-state index in [4.69, 9.17) is 4.74 Å². The van der Waals surface area contributed by atoms with Crippen LogP contribution < -0.4 is 5.32 Å². The number of nitrogens with one attached hydrogen (secondary N) is 1. The Morgan fingerprint density at radius 2 is 1.76 bits per heavy atom. The van der Waals surface area contributed by atoms with Gasteiger partial charge in [0, 0.05) is 12.1 Å². The van der Waals surface area contributed by atoms with Gasteiger partial charge < -0.3 is 10.1 Å². The monoisotopic (exact) mass is 579 g/mol. The van der Waals surface area contributed by atoms with Gasteiger partial charge in [0.25, 0.3) is 0 Å². The third-order valence-corrected chi connectivity index (χ3v) is 12.4. The quantitative estimate of drug-likeness (QED) is 0.174. The number of carbonyl (C=O) groups is 2. The maximum Gasteiger partial charge on any atom is 0.338 e. The van der Waals surface area contributed by atoms with Gasteiger partial charge in [-0.3, -0.25) is 4.79 Å². The number of carbonyl (C=O) groups excluding carboxylic acids is 2. The van der Waals surface area contributed by atoms with Gasteiger partial charge in [0.1, 0.15) is 6.10 Å². The first-order valence-corrected chi connectivity index (χ1v) is 17.1. The Balaban J connectivity index is 1.21. The highest BCUT2D eigenvalue weighted by Gasteiger charge is 2.59. The van der Waals surface area contributed by atoms with Crippen molar-refractivity contribution in [1.29, 1.82) is 0 Å². The molecule has 3 saturated carbocycles. The smallest absolute Gasteiger partial charge is 0.338 e.